The predicted molar refractivity (Wildman–Crippen MR) is 121 cm³/mol. The lowest BCUT2D eigenvalue weighted by Crippen LogP contribution is -2.30. The van der Waals surface area contributed by atoms with E-state index in [1.807, 2.05) is 17.8 Å². The molecule has 0 atom stereocenters. The van der Waals surface area contributed by atoms with Gasteiger partial charge in [-0.1, -0.05) is 35.9 Å². The largest absolute Gasteiger partial charge is 0.362 e. The average molecular weight is 424 g/mol. The van der Waals surface area contributed by atoms with Crippen molar-refractivity contribution in [1.82, 2.24) is 5.32 Å². The summed E-state index contributed by atoms with van der Waals surface area (Å²) < 4.78 is 24.5. The Bertz CT molecular complexity index is 868. The van der Waals surface area contributed by atoms with E-state index in [9.17, 15) is 8.42 Å². The molecule has 5 nitrogen and oxygen atoms in total. The Kier molecular flexibility index (Phi) is 7.94. The molecule has 2 aromatic rings. The van der Waals surface area contributed by atoms with Gasteiger partial charge in [-0.3, -0.25) is 4.31 Å². The molecule has 0 bridgehead atoms. The molecule has 146 valence electrons. The van der Waals surface area contributed by atoms with Gasteiger partial charge in [0, 0.05) is 30.8 Å². The van der Waals surface area contributed by atoms with Crippen LogP contribution in [0.2, 0.25) is 0 Å². The van der Waals surface area contributed by atoms with Crippen LogP contribution in [0.15, 0.2) is 48.5 Å². The highest BCUT2D eigenvalue weighted by Crippen LogP contribution is 2.20. The first-order chi connectivity index (χ1) is 12.8. The van der Waals surface area contributed by atoms with Crippen LogP contribution in [0.4, 0.5) is 11.4 Å². The summed E-state index contributed by atoms with van der Waals surface area (Å²) in [6, 6.07) is 15.7. The molecule has 0 heterocycles. The van der Waals surface area contributed by atoms with Gasteiger partial charge in [0.25, 0.3) is 0 Å². The van der Waals surface area contributed by atoms with Crippen LogP contribution in [0.1, 0.15) is 11.1 Å². The molecule has 0 aliphatic rings. The summed E-state index contributed by atoms with van der Waals surface area (Å²) in [5.41, 5.74) is 3.92. The summed E-state index contributed by atoms with van der Waals surface area (Å²) in [5, 5.41) is 6.78. The normalized spacial score (nSPS) is 11.1. The summed E-state index contributed by atoms with van der Waals surface area (Å²) in [7, 11) is -1.77. The number of hydrogen-bond donors (Lipinski definition) is 2. The Morgan fingerprint density at radius 3 is 2.56 bits per heavy atom. The molecular weight excluding hydrogens is 398 g/mol. The highest BCUT2D eigenvalue weighted by Gasteiger charge is 2.12. The van der Waals surface area contributed by atoms with Crippen LogP contribution in [0, 0.1) is 6.92 Å². The van der Waals surface area contributed by atoms with E-state index in [2.05, 4.69) is 41.8 Å². The van der Waals surface area contributed by atoms with Crippen LogP contribution in [-0.4, -0.2) is 39.1 Å². The third-order valence-electron chi connectivity index (χ3n) is 3.89. The van der Waals surface area contributed by atoms with Crippen LogP contribution in [0.25, 0.3) is 0 Å². The minimum absolute atomic E-state index is 0.519. The maximum Gasteiger partial charge on any atom is 0.231 e. The SMILES string of the molecule is Cc1ccc(CSCCNC(=S)Nc2cccc(N(C)S(C)(=O)=O)c2)cc1. The number of nitrogens with one attached hydrogen (secondary N) is 2. The lowest BCUT2D eigenvalue weighted by Gasteiger charge is -2.18. The Balaban J connectivity index is 1.75. The van der Waals surface area contributed by atoms with Gasteiger partial charge < -0.3 is 10.6 Å². The maximum atomic E-state index is 11.7. The Labute approximate surface area is 171 Å². The van der Waals surface area contributed by atoms with Gasteiger partial charge in [-0.15, -0.1) is 0 Å². The van der Waals surface area contributed by atoms with Crippen molar-refractivity contribution in [3.05, 3.63) is 59.7 Å². The molecule has 0 unspecified atom stereocenters. The van der Waals surface area contributed by atoms with E-state index >= 15 is 0 Å². The summed E-state index contributed by atoms with van der Waals surface area (Å²) in [4.78, 5) is 0. The minimum Gasteiger partial charge on any atom is -0.362 e. The molecule has 0 aliphatic carbocycles. The zero-order valence-corrected chi connectivity index (χ0v) is 18.2. The fourth-order valence-electron chi connectivity index (χ4n) is 2.26. The van der Waals surface area contributed by atoms with Gasteiger partial charge in [-0.25, -0.2) is 8.42 Å². The first-order valence-electron chi connectivity index (χ1n) is 8.48. The molecule has 2 rings (SSSR count). The standard InChI is InChI=1S/C19H25N3O2S3/c1-15-7-9-16(10-8-15)14-26-12-11-20-19(25)21-17-5-4-6-18(13-17)22(2)27(3,23)24/h4-10,13H,11-12,14H2,1-3H3,(H2,20,21,25). The predicted octanol–water partition coefficient (Wildman–Crippen LogP) is 3.61. The van der Waals surface area contributed by atoms with Gasteiger partial charge in [0.15, 0.2) is 5.11 Å². The van der Waals surface area contributed by atoms with Crippen molar-refractivity contribution >= 4 is 50.5 Å². The Morgan fingerprint density at radius 2 is 1.89 bits per heavy atom. The molecule has 0 spiro atoms. The molecule has 0 amide bonds. The molecule has 0 fully saturated rings. The molecule has 0 aliphatic heterocycles. The first-order valence-corrected chi connectivity index (χ1v) is 11.9. The van der Waals surface area contributed by atoms with E-state index < -0.39 is 10.0 Å². The van der Waals surface area contributed by atoms with Gasteiger partial charge in [0.2, 0.25) is 10.0 Å². The number of thioether (sulfide) groups is 1. The number of rotatable bonds is 8. The van der Waals surface area contributed by atoms with Gasteiger partial charge in [-0.05, 0) is 42.9 Å². The number of nitrogens with zero attached hydrogens (tertiary/aromatic N) is 1. The Morgan fingerprint density at radius 1 is 1.19 bits per heavy atom. The van der Waals surface area contributed by atoms with Crippen LogP contribution in [0.5, 0.6) is 0 Å². The van der Waals surface area contributed by atoms with Crippen molar-refractivity contribution in [2.75, 3.05) is 35.2 Å². The molecule has 2 aromatic carbocycles. The topological polar surface area (TPSA) is 61.4 Å². The Hall–Kier alpha value is -1.77. The number of thiocarbonyl (C=S) groups is 1. The number of aryl methyl sites for hydroxylation is 1. The van der Waals surface area contributed by atoms with Crippen molar-refractivity contribution in [3.63, 3.8) is 0 Å². The van der Waals surface area contributed by atoms with Crippen molar-refractivity contribution < 1.29 is 8.42 Å². The van der Waals surface area contributed by atoms with Gasteiger partial charge in [0.05, 0.1) is 11.9 Å². The number of benzene rings is 2. The average Bonchev–Trinajstić information content (AvgIpc) is 2.62. The molecule has 0 aromatic heterocycles. The third-order valence-corrected chi connectivity index (χ3v) is 6.37. The highest BCUT2D eigenvalue weighted by atomic mass is 32.2. The summed E-state index contributed by atoms with van der Waals surface area (Å²) in [6.45, 7) is 2.84. The zero-order chi connectivity index (χ0) is 19.9. The molecule has 2 N–H and O–H groups in total. The maximum absolute atomic E-state index is 11.7. The molecule has 27 heavy (non-hydrogen) atoms. The molecule has 0 radical (unpaired) electrons. The van der Waals surface area contributed by atoms with E-state index in [4.69, 9.17) is 12.2 Å². The monoisotopic (exact) mass is 423 g/mol. The first kappa shape index (κ1) is 21.5. The fraction of sp³-hybridized carbons (Fsp3) is 0.316. The summed E-state index contributed by atoms with van der Waals surface area (Å²) >= 11 is 7.16. The van der Waals surface area contributed by atoms with Crippen molar-refractivity contribution in [2.45, 2.75) is 12.7 Å². The summed E-state index contributed by atoms with van der Waals surface area (Å²) in [5.74, 6) is 1.91. The van der Waals surface area contributed by atoms with E-state index in [-0.39, 0.29) is 0 Å². The minimum atomic E-state index is -3.29. The fourth-order valence-corrected chi connectivity index (χ4v) is 3.79. The van der Waals surface area contributed by atoms with Gasteiger partial charge in [-0.2, -0.15) is 11.8 Å². The smallest absolute Gasteiger partial charge is 0.231 e. The van der Waals surface area contributed by atoms with Crippen molar-refractivity contribution in [2.24, 2.45) is 0 Å². The quantitative estimate of drug-likeness (QED) is 0.500. The second-order valence-electron chi connectivity index (χ2n) is 6.20. The number of sulfonamides is 1. The van der Waals surface area contributed by atoms with Crippen LogP contribution in [0.3, 0.4) is 0 Å². The van der Waals surface area contributed by atoms with Crippen molar-refractivity contribution in [3.8, 4) is 0 Å². The van der Waals surface area contributed by atoms with Crippen LogP contribution in [-0.2, 0) is 15.8 Å². The van der Waals surface area contributed by atoms with Gasteiger partial charge in [0.1, 0.15) is 0 Å². The number of anilines is 2. The summed E-state index contributed by atoms with van der Waals surface area (Å²) in [6.07, 6.45) is 1.17. The number of hydrogen-bond acceptors (Lipinski definition) is 4. The molecular formula is C19H25N3O2S3. The molecule has 0 saturated heterocycles. The lowest BCUT2D eigenvalue weighted by atomic mass is 10.2. The van der Waals surface area contributed by atoms with Gasteiger partial charge >= 0.3 is 0 Å². The molecule has 8 heteroatoms. The van der Waals surface area contributed by atoms with Crippen LogP contribution < -0.4 is 14.9 Å². The van der Waals surface area contributed by atoms with E-state index in [1.165, 1.54) is 28.7 Å². The van der Waals surface area contributed by atoms with Crippen LogP contribution >= 0.6 is 24.0 Å². The molecule has 0 saturated carbocycles. The van der Waals surface area contributed by atoms with E-state index in [0.29, 0.717) is 10.8 Å². The second kappa shape index (κ2) is 9.96. The lowest BCUT2D eigenvalue weighted by molar-refractivity contribution is 0.600. The highest BCUT2D eigenvalue weighted by molar-refractivity contribution is 7.98. The van der Waals surface area contributed by atoms with Crippen molar-refractivity contribution in [1.29, 1.82) is 0 Å². The van der Waals surface area contributed by atoms with E-state index in [0.717, 1.165) is 23.7 Å². The third kappa shape index (κ3) is 7.40. The second-order valence-corrected chi connectivity index (χ2v) is 9.73. The van der Waals surface area contributed by atoms with E-state index in [1.54, 1.807) is 18.2 Å². The zero-order valence-electron chi connectivity index (χ0n) is 15.7.